The first kappa shape index (κ1) is 40.5. The van der Waals surface area contributed by atoms with E-state index in [0.29, 0.717) is 55.0 Å². The van der Waals surface area contributed by atoms with Crippen LogP contribution in [0.4, 0.5) is 0 Å². The molecule has 5 rings (SSSR count). The van der Waals surface area contributed by atoms with Crippen LogP contribution in [0.1, 0.15) is 92.1 Å². The number of hydrogen-bond donors (Lipinski definition) is 0. The average Bonchev–Trinajstić information content (AvgIpc) is 3.48. The van der Waals surface area contributed by atoms with Crippen LogP contribution in [0.5, 0.6) is 17.2 Å². The molecule has 0 unspecified atom stereocenters. The smallest absolute Gasteiger partial charge is 0.340 e. The quantitative estimate of drug-likeness (QED) is 0.0682. The Bertz CT molecular complexity index is 1780. The summed E-state index contributed by atoms with van der Waals surface area (Å²) in [5.41, 5.74) is 5.55. The van der Waals surface area contributed by atoms with Gasteiger partial charge in [0.1, 0.15) is 29.0 Å². The normalized spacial score (nSPS) is 18.4. The van der Waals surface area contributed by atoms with Gasteiger partial charge in [-0.1, -0.05) is 65.8 Å². The number of methoxy groups -OCH3 is 3. The van der Waals surface area contributed by atoms with Crippen molar-refractivity contribution < 1.29 is 42.7 Å². The maximum absolute atomic E-state index is 13.9. The lowest BCUT2D eigenvalue weighted by Gasteiger charge is -2.43. The van der Waals surface area contributed by atoms with Crippen molar-refractivity contribution in [1.82, 2.24) is 4.90 Å². The van der Waals surface area contributed by atoms with Gasteiger partial charge in [-0.05, 0) is 89.1 Å². The summed E-state index contributed by atoms with van der Waals surface area (Å²) >= 11 is 0. The third-order valence-corrected chi connectivity index (χ3v) is 10.0. The molecule has 0 spiro atoms. The SMILES string of the molecule is COCOc1ccc(CCN2Cc3c(cc(OCOC)c4c3O[C@](C)(CC/C=C(\C)CCC=C(C)C)[C@H](OC(=O)[C@@H](OC)c3ccccc3)C4)C2=O)cc1. The molecular weight excluding hydrogens is 686 g/mol. The van der Waals surface area contributed by atoms with Crippen molar-refractivity contribution in [1.29, 1.82) is 0 Å². The lowest BCUT2D eigenvalue weighted by molar-refractivity contribution is -0.175. The lowest BCUT2D eigenvalue weighted by Crippen LogP contribution is -2.52. The van der Waals surface area contributed by atoms with Gasteiger partial charge < -0.3 is 38.1 Å². The van der Waals surface area contributed by atoms with Gasteiger partial charge in [-0.25, -0.2) is 4.79 Å². The fourth-order valence-electron chi connectivity index (χ4n) is 6.97. The van der Waals surface area contributed by atoms with Gasteiger partial charge in [0.05, 0.1) is 12.1 Å². The van der Waals surface area contributed by atoms with Crippen LogP contribution in [0.15, 0.2) is 84.0 Å². The first-order chi connectivity index (χ1) is 26.1. The Morgan fingerprint density at radius 2 is 1.67 bits per heavy atom. The molecule has 0 saturated carbocycles. The molecule has 3 atom stereocenters. The van der Waals surface area contributed by atoms with Crippen molar-refractivity contribution >= 4 is 11.9 Å². The van der Waals surface area contributed by atoms with Gasteiger partial charge in [0, 0.05) is 45.4 Å². The number of nitrogens with zero attached hydrogens (tertiary/aromatic N) is 1. The summed E-state index contributed by atoms with van der Waals surface area (Å²) in [6.45, 7) is 9.42. The van der Waals surface area contributed by atoms with Gasteiger partial charge in [-0.15, -0.1) is 0 Å². The van der Waals surface area contributed by atoms with E-state index in [4.69, 9.17) is 33.2 Å². The maximum atomic E-state index is 13.9. The first-order valence-electron chi connectivity index (χ1n) is 18.6. The second-order valence-corrected chi connectivity index (χ2v) is 14.4. The molecule has 3 aromatic rings. The predicted octanol–water partition coefficient (Wildman–Crippen LogP) is 8.32. The van der Waals surface area contributed by atoms with Gasteiger partial charge in [-0.3, -0.25) is 4.79 Å². The molecule has 54 heavy (non-hydrogen) atoms. The molecule has 1 amide bonds. The Morgan fingerprint density at radius 1 is 0.944 bits per heavy atom. The summed E-state index contributed by atoms with van der Waals surface area (Å²) in [7, 11) is 4.63. The summed E-state index contributed by atoms with van der Waals surface area (Å²) < 4.78 is 40.9. The molecule has 0 N–H and O–H groups in total. The summed E-state index contributed by atoms with van der Waals surface area (Å²) in [4.78, 5) is 29.6. The number of amides is 1. The van der Waals surface area contributed by atoms with Crippen LogP contribution in [0.25, 0.3) is 0 Å². The summed E-state index contributed by atoms with van der Waals surface area (Å²) in [5.74, 6) is 1.21. The molecule has 290 valence electrons. The molecule has 0 fully saturated rings. The highest BCUT2D eigenvalue weighted by molar-refractivity contribution is 6.00. The van der Waals surface area contributed by atoms with Gasteiger partial charge in [0.15, 0.2) is 19.7 Å². The third kappa shape index (κ3) is 10.1. The van der Waals surface area contributed by atoms with Gasteiger partial charge in [0.25, 0.3) is 5.91 Å². The van der Waals surface area contributed by atoms with Crippen LogP contribution in [0, 0.1) is 0 Å². The minimum Gasteiger partial charge on any atom is -0.483 e. The van der Waals surface area contributed by atoms with E-state index in [1.807, 2.05) is 66.4 Å². The number of hydrogen-bond acceptors (Lipinski definition) is 9. The highest BCUT2D eigenvalue weighted by Gasteiger charge is 2.47. The van der Waals surface area contributed by atoms with E-state index in [0.717, 1.165) is 41.7 Å². The predicted molar refractivity (Wildman–Crippen MR) is 207 cm³/mol. The van der Waals surface area contributed by atoms with Crippen LogP contribution in [0.2, 0.25) is 0 Å². The second-order valence-electron chi connectivity index (χ2n) is 14.4. The van der Waals surface area contributed by atoms with Crippen molar-refractivity contribution in [2.24, 2.45) is 0 Å². The monoisotopic (exact) mass is 741 g/mol. The average molecular weight is 742 g/mol. The van der Waals surface area contributed by atoms with Crippen molar-refractivity contribution in [3.05, 3.63) is 112 Å². The summed E-state index contributed by atoms with van der Waals surface area (Å²) in [6.07, 6.45) is 7.14. The number of ether oxygens (including phenoxy) is 7. The van der Waals surface area contributed by atoms with Crippen LogP contribution in [-0.4, -0.2) is 69.9 Å². The zero-order chi connectivity index (χ0) is 38.7. The molecule has 2 aliphatic rings. The number of esters is 1. The van der Waals surface area contributed by atoms with Crippen LogP contribution < -0.4 is 14.2 Å². The number of benzene rings is 3. The van der Waals surface area contributed by atoms with Gasteiger partial charge in [0.2, 0.25) is 0 Å². The number of carbonyl (C=O) groups excluding carboxylic acids is 2. The topological polar surface area (TPSA) is 102 Å². The second kappa shape index (κ2) is 19.1. The highest BCUT2D eigenvalue weighted by Crippen LogP contribution is 2.48. The molecule has 0 bridgehead atoms. The van der Waals surface area contributed by atoms with Crippen LogP contribution in [0.3, 0.4) is 0 Å². The number of carbonyl (C=O) groups is 2. The molecule has 0 radical (unpaired) electrons. The molecule has 10 nitrogen and oxygen atoms in total. The van der Waals surface area contributed by atoms with Crippen molar-refractivity contribution in [2.75, 3.05) is 41.5 Å². The first-order valence-corrected chi connectivity index (χ1v) is 18.6. The van der Waals surface area contributed by atoms with Crippen LogP contribution in [-0.2, 0) is 43.1 Å². The minimum absolute atomic E-state index is 0.0223. The van der Waals surface area contributed by atoms with Gasteiger partial charge >= 0.3 is 5.97 Å². The van der Waals surface area contributed by atoms with E-state index in [-0.39, 0.29) is 19.5 Å². The number of rotatable bonds is 19. The molecule has 0 saturated heterocycles. The van der Waals surface area contributed by atoms with E-state index in [2.05, 4.69) is 32.9 Å². The van der Waals surface area contributed by atoms with E-state index < -0.39 is 23.8 Å². The van der Waals surface area contributed by atoms with Crippen molar-refractivity contribution in [3.63, 3.8) is 0 Å². The number of fused-ring (bicyclic) bond motifs is 3. The highest BCUT2D eigenvalue weighted by atomic mass is 16.7. The molecule has 3 aromatic carbocycles. The molecule has 2 aliphatic heterocycles. The fourth-order valence-corrected chi connectivity index (χ4v) is 6.97. The van der Waals surface area contributed by atoms with Gasteiger partial charge in [-0.2, -0.15) is 0 Å². The van der Waals surface area contributed by atoms with E-state index in [9.17, 15) is 9.59 Å². The zero-order valence-corrected chi connectivity index (χ0v) is 32.8. The molecule has 0 aromatic heterocycles. The molecule has 0 aliphatic carbocycles. The Kier molecular flexibility index (Phi) is 14.3. The Hall–Kier alpha value is -4.64. The largest absolute Gasteiger partial charge is 0.483 e. The van der Waals surface area contributed by atoms with Crippen molar-refractivity contribution in [3.8, 4) is 17.2 Å². The molecule has 10 heteroatoms. The van der Waals surface area contributed by atoms with Crippen LogP contribution >= 0.6 is 0 Å². The standard InChI is InChI=1S/C44H55NO9/c1-30(2)13-11-14-31(3)15-12-23-44(4)39(53-43(47)40(50-7)33-16-9-8-10-17-33)26-36-38(52-29-49-6)25-35-37(41(36)54-44)27-45(42(35)46)24-22-32-18-20-34(21-19-32)51-28-48-5/h8-10,13,15-21,25,39-40H,11-12,14,22-24,26-29H2,1-7H3/b31-15+/t39-,40+,44-/m1/s1. The van der Waals surface area contributed by atoms with Crippen molar-refractivity contribution in [2.45, 2.75) is 90.6 Å². The van der Waals surface area contributed by atoms with E-state index in [1.54, 1.807) is 20.3 Å². The zero-order valence-electron chi connectivity index (χ0n) is 32.8. The third-order valence-electron chi connectivity index (χ3n) is 10.0. The van der Waals surface area contributed by atoms with E-state index in [1.165, 1.54) is 18.3 Å². The fraction of sp³-hybridized carbons (Fsp3) is 0.455. The Morgan fingerprint density at radius 3 is 2.35 bits per heavy atom. The summed E-state index contributed by atoms with van der Waals surface area (Å²) in [6, 6.07) is 18.9. The Labute approximate surface area is 320 Å². The summed E-state index contributed by atoms with van der Waals surface area (Å²) in [5, 5.41) is 0. The van der Waals surface area contributed by atoms with E-state index >= 15 is 0 Å². The molecular formula is C44H55NO9. The minimum atomic E-state index is -0.926. The lowest BCUT2D eigenvalue weighted by atomic mass is 9.83. The molecule has 2 heterocycles. The number of allylic oxidation sites excluding steroid dienone is 4. The Balaban J connectivity index is 1.44. The maximum Gasteiger partial charge on any atom is 0.340 e.